The van der Waals surface area contributed by atoms with Crippen LogP contribution in [0.2, 0.25) is 0 Å². The highest BCUT2D eigenvalue weighted by Crippen LogP contribution is 2.32. The molecule has 0 unspecified atom stereocenters. The molecule has 0 spiro atoms. The van der Waals surface area contributed by atoms with Crippen molar-refractivity contribution in [1.82, 2.24) is 5.32 Å². The van der Waals surface area contributed by atoms with Crippen LogP contribution in [0.3, 0.4) is 0 Å². The van der Waals surface area contributed by atoms with Gasteiger partial charge in [-0.25, -0.2) is 4.79 Å². The van der Waals surface area contributed by atoms with Crippen molar-refractivity contribution >= 4 is 6.09 Å². The van der Waals surface area contributed by atoms with Gasteiger partial charge in [-0.05, 0) is 32.8 Å². The summed E-state index contributed by atoms with van der Waals surface area (Å²) in [6.45, 7) is 5.26. The van der Waals surface area contributed by atoms with Gasteiger partial charge in [0.25, 0.3) is 0 Å². The molecule has 0 saturated heterocycles. The molecule has 0 bridgehead atoms. The van der Waals surface area contributed by atoms with Crippen molar-refractivity contribution in [2.75, 3.05) is 13.4 Å². The van der Waals surface area contributed by atoms with E-state index in [1.165, 1.54) is 0 Å². The zero-order chi connectivity index (χ0) is 19.2. The summed E-state index contributed by atoms with van der Waals surface area (Å²) in [5.74, 6) is 0. The summed E-state index contributed by atoms with van der Waals surface area (Å²) in [6.07, 6.45) is -0.635. The molecule has 0 heterocycles. The molecule has 26 heavy (non-hydrogen) atoms. The van der Waals surface area contributed by atoms with Gasteiger partial charge in [0, 0.05) is 12.5 Å². The Bertz CT molecular complexity index is 573. The number of carbonyl (C=O) groups is 1. The molecule has 146 valence electrons. The average Bonchev–Trinajstić information content (AvgIpc) is 2.87. The zero-order valence-electron chi connectivity index (χ0n) is 15.6. The third-order valence-corrected chi connectivity index (χ3v) is 4.16. The lowest BCUT2D eigenvalue weighted by molar-refractivity contribution is -0.164. The second-order valence-corrected chi connectivity index (χ2v) is 7.65. The standard InChI is InChI=1S/C19H29NO6/c1-18(2,3)26-17(22)20-15-9-16(19(23,10-15)12-21)25-13-24-11-14-7-5-4-6-8-14/h4-8,15-16,21,23H,9-13H2,1-3H3,(H,20,22)/t15-,16+,19-/m0/s1. The number of rotatable bonds is 7. The lowest BCUT2D eigenvalue weighted by atomic mass is 10.0. The Morgan fingerprint density at radius 1 is 1.31 bits per heavy atom. The summed E-state index contributed by atoms with van der Waals surface area (Å²) in [4.78, 5) is 11.9. The van der Waals surface area contributed by atoms with Crippen LogP contribution in [0.15, 0.2) is 30.3 Å². The van der Waals surface area contributed by atoms with Gasteiger partial charge in [0.2, 0.25) is 0 Å². The van der Waals surface area contributed by atoms with Crippen molar-refractivity contribution in [3.8, 4) is 0 Å². The molecule has 0 radical (unpaired) electrons. The summed E-state index contributed by atoms with van der Waals surface area (Å²) < 4.78 is 16.3. The maximum atomic E-state index is 11.9. The predicted molar refractivity (Wildman–Crippen MR) is 95.4 cm³/mol. The SMILES string of the molecule is CC(C)(C)OC(=O)N[C@H]1C[C@@H](OCOCc2ccccc2)[C@@](O)(CO)C1. The van der Waals surface area contributed by atoms with Crippen molar-refractivity contribution in [3.05, 3.63) is 35.9 Å². The van der Waals surface area contributed by atoms with E-state index in [0.29, 0.717) is 13.0 Å². The van der Waals surface area contributed by atoms with Crippen LogP contribution in [0.4, 0.5) is 4.79 Å². The molecule has 7 heteroatoms. The van der Waals surface area contributed by atoms with Crippen LogP contribution in [0.5, 0.6) is 0 Å². The minimum Gasteiger partial charge on any atom is -0.444 e. The number of hydrogen-bond donors (Lipinski definition) is 3. The molecule has 1 amide bonds. The number of benzene rings is 1. The van der Waals surface area contributed by atoms with Crippen LogP contribution in [0, 0.1) is 0 Å². The van der Waals surface area contributed by atoms with Crippen molar-refractivity contribution in [2.45, 2.75) is 63.6 Å². The average molecular weight is 367 g/mol. The minimum atomic E-state index is -1.42. The quantitative estimate of drug-likeness (QED) is 0.503. The van der Waals surface area contributed by atoms with E-state index in [0.717, 1.165) is 5.56 Å². The number of amides is 1. The molecule has 1 aromatic rings. The van der Waals surface area contributed by atoms with Gasteiger partial charge in [-0.15, -0.1) is 0 Å². The van der Waals surface area contributed by atoms with Crippen LogP contribution in [0.1, 0.15) is 39.2 Å². The fourth-order valence-corrected chi connectivity index (χ4v) is 2.96. The smallest absolute Gasteiger partial charge is 0.407 e. The number of aliphatic hydroxyl groups excluding tert-OH is 1. The summed E-state index contributed by atoms with van der Waals surface area (Å²) in [7, 11) is 0. The molecule has 0 aliphatic heterocycles. The van der Waals surface area contributed by atoms with Gasteiger partial charge in [0.05, 0.1) is 19.3 Å². The molecule has 3 atom stereocenters. The number of hydrogen-bond acceptors (Lipinski definition) is 6. The Morgan fingerprint density at radius 2 is 2.00 bits per heavy atom. The summed E-state index contributed by atoms with van der Waals surface area (Å²) in [5, 5.41) is 22.8. The molecule has 1 fully saturated rings. The van der Waals surface area contributed by atoms with Gasteiger partial charge < -0.3 is 29.7 Å². The Hall–Kier alpha value is -1.67. The maximum absolute atomic E-state index is 11.9. The third kappa shape index (κ3) is 6.25. The molecule has 1 aliphatic carbocycles. The second-order valence-electron chi connectivity index (χ2n) is 7.65. The van der Waals surface area contributed by atoms with Crippen LogP contribution in [-0.4, -0.2) is 53.1 Å². The Labute approximate surface area is 154 Å². The molecule has 0 aromatic heterocycles. The van der Waals surface area contributed by atoms with E-state index in [1.807, 2.05) is 30.3 Å². The maximum Gasteiger partial charge on any atom is 0.407 e. The van der Waals surface area contributed by atoms with E-state index < -0.39 is 30.0 Å². The van der Waals surface area contributed by atoms with Crippen molar-refractivity contribution < 1.29 is 29.2 Å². The van der Waals surface area contributed by atoms with Gasteiger partial charge in [-0.3, -0.25) is 0 Å². The van der Waals surface area contributed by atoms with E-state index >= 15 is 0 Å². The first-order chi connectivity index (χ1) is 12.2. The highest BCUT2D eigenvalue weighted by Gasteiger charge is 2.47. The van der Waals surface area contributed by atoms with Gasteiger partial charge in [0.1, 0.15) is 18.0 Å². The molecule has 1 aliphatic rings. The van der Waals surface area contributed by atoms with E-state index in [4.69, 9.17) is 14.2 Å². The number of aliphatic hydroxyl groups is 2. The van der Waals surface area contributed by atoms with Gasteiger partial charge >= 0.3 is 6.09 Å². The van der Waals surface area contributed by atoms with Crippen LogP contribution in [-0.2, 0) is 20.8 Å². The number of alkyl carbamates (subject to hydrolysis) is 1. The topological polar surface area (TPSA) is 97.3 Å². The molecule has 2 rings (SSSR count). The Morgan fingerprint density at radius 3 is 2.62 bits per heavy atom. The number of carbonyl (C=O) groups excluding carboxylic acids is 1. The van der Waals surface area contributed by atoms with E-state index in [1.54, 1.807) is 20.8 Å². The molecule has 3 N–H and O–H groups in total. The lowest BCUT2D eigenvalue weighted by Gasteiger charge is -2.27. The van der Waals surface area contributed by atoms with E-state index in [-0.39, 0.29) is 19.3 Å². The van der Waals surface area contributed by atoms with Crippen molar-refractivity contribution in [3.63, 3.8) is 0 Å². The van der Waals surface area contributed by atoms with Gasteiger partial charge in [0.15, 0.2) is 0 Å². The zero-order valence-corrected chi connectivity index (χ0v) is 15.6. The molecule has 1 saturated carbocycles. The predicted octanol–water partition coefficient (Wildman–Crippen LogP) is 1.96. The normalized spacial score (nSPS) is 25.9. The van der Waals surface area contributed by atoms with Crippen molar-refractivity contribution in [1.29, 1.82) is 0 Å². The van der Waals surface area contributed by atoms with Crippen molar-refractivity contribution in [2.24, 2.45) is 0 Å². The second kappa shape index (κ2) is 8.81. The fraction of sp³-hybridized carbons (Fsp3) is 0.632. The fourth-order valence-electron chi connectivity index (χ4n) is 2.96. The largest absolute Gasteiger partial charge is 0.444 e. The lowest BCUT2D eigenvalue weighted by Crippen LogP contribution is -2.43. The Kier molecular flexibility index (Phi) is 7.00. The summed E-state index contributed by atoms with van der Waals surface area (Å²) in [5.41, 5.74) is -1.00. The number of nitrogens with one attached hydrogen (secondary N) is 1. The van der Waals surface area contributed by atoms with E-state index in [2.05, 4.69) is 5.32 Å². The first-order valence-electron chi connectivity index (χ1n) is 8.78. The monoisotopic (exact) mass is 367 g/mol. The van der Waals surface area contributed by atoms with Crippen LogP contribution >= 0.6 is 0 Å². The summed E-state index contributed by atoms with van der Waals surface area (Å²) in [6, 6.07) is 9.32. The van der Waals surface area contributed by atoms with Gasteiger partial charge in [-0.1, -0.05) is 30.3 Å². The highest BCUT2D eigenvalue weighted by atomic mass is 16.7. The van der Waals surface area contributed by atoms with Crippen LogP contribution < -0.4 is 5.32 Å². The summed E-state index contributed by atoms with van der Waals surface area (Å²) >= 11 is 0. The minimum absolute atomic E-state index is 0.0129. The molecular weight excluding hydrogens is 338 g/mol. The Balaban J connectivity index is 1.80. The highest BCUT2D eigenvalue weighted by molar-refractivity contribution is 5.68. The van der Waals surface area contributed by atoms with Crippen LogP contribution in [0.25, 0.3) is 0 Å². The number of ether oxygens (including phenoxy) is 3. The molecular formula is C19H29NO6. The van der Waals surface area contributed by atoms with E-state index in [9.17, 15) is 15.0 Å². The molecule has 1 aromatic carbocycles. The first-order valence-corrected chi connectivity index (χ1v) is 8.78. The van der Waals surface area contributed by atoms with Gasteiger partial charge in [-0.2, -0.15) is 0 Å². The molecule has 7 nitrogen and oxygen atoms in total. The third-order valence-electron chi connectivity index (χ3n) is 4.16. The first kappa shape index (κ1) is 20.6.